The van der Waals surface area contributed by atoms with Gasteiger partial charge in [-0.05, 0) is 43.0 Å². The lowest BCUT2D eigenvalue weighted by atomic mass is 9.97. The summed E-state index contributed by atoms with van der Waals surface area (Å²) in [7, 11) is 0. The number of carbonyl (C=O) groups excluding carboxylic acids is 1. The summed E-state index contributed by atoms with van der Waals surface area (Å²) in [6.07, 6.45) is 3.30. The van der Waals surface area contributed by atoms with Crippen LogP contribution in [0.1, 0.15) is 59.2 Å². The van der Waals surface area contributed by atoms with Gasteiger partial charge < -0.3 is 14.6 Å². The Morgan fingerprint density at radius 1 is 1.22 bits per heavy atom. The van der Waals surface area contributed by atoms with Crippen molar-refractivity contribution >= 4 is 11.4 Å². The van der Waals surface area contributed by atoms with Gasteiger partial charge in [0.1, 0.15) is 11.6 Å². The van der Waals surface area contributed by atoms with Crippen LogP contribution in [0.25, 0.3) is 5.52 Å². The molecule has 2 aromatic heterocycles. The number of nitrogens with zero attached hydrogens (tertiary/aromatic N) is 5. The van der Waals surface area contributed by atoms with Gasteiger partial charge in [-0.3, -0.25) is 9.59 Å². The van der Waals surface area contributed by atoms with E-state index in [0.29, 0.717) is 48.8 Å². The zero-order valence-corrected chi connectivity index (χ0v) is 17.8. The van der Waals surface area contributed by atoms with E-state index in [0.717, 1.165) is 18.7 Å². The molecule has 2 unspecified atom stereocenters. The van der Waals surface area contributed by atoms with E-state index in [4.69, 9.17) is 15.1 Å². The standard InChI is InChI=1S/C23H24N6O3/c1-14-12-28(23(31)17-4-2-15(10-24)3-5-17)13-18(14)20-26-22(30)19-11-25-21(29(19)27-20)16-6-8-32-9-7-16/h2-5,11,14,16,18H,6-9,12-13H2,1H3,(H,26,27,30). The van der Waals surface area contributed by atoms with Crippen LogP contribution < -0.4 is 5.56 Å². The predicted octanol–water partition coefficient (Wildman–Crippen LogP) is 2.06. The molecule has 2 saturated heterocycles. The number of aromatic nitrogens is 4. The molecule has 5 rings (SSSR count). The Balaban J connectivity index is 1.42. The van der Waals surface area contributed by atoms with Crippen molar-refractivity contribution in [3.8, 4) is 6.07 Å². The monoisotopic (exact) mass is 432 g/mol. The highest BCUT2D eigenvalue weighted by Gasteiger charge is 2.36. The molecule has 1 N–H and O–H groups in total. The molecule has 0 radical (unpaired) electrons. The molecule has 4 heterocycles. The van der Waals surface area contributed by atoms with Gasteiger partial charge in [-0.1, -0.05) is 6.92 Å². The van der Waals surface area contributed by atoms with E-state index >= 15 is 0 Å². The second kappa shape index (κ2) is 8.20. The number of hydrogen-bond acceptors (Lipinski definition) is 6. The second-order valence-electron chi connectivity index (χ2n) is 8.62. The fraction of sp³-hybridized carbons (Fsp3) is 0.435. The summed E-state index contributed by atoms with van der Waals surface area (Å²) >= 11 is 0. The number of H-pyrrole nitrogens is 1. The van der Waals surface area contributed by atoms with E-state index in [1.807, 2.05) is 0 Å². The van der Waals surface area contributed by atoms with Gasteiger partial charge in [0, 0.05) is 43.7 Å². The smallest absolute Gasteiger partial charge is 0.276 e. The van der Waals surface area contributed by atoms with Gasteiger partial charge in [0.15, 0.2) is 5.52 Å². The minimum atomic E-state index is -0.218. The molecule has 9 nitrogen and oxygen atoms in total. The molecule has 2 aliphatic rings. The Morgan fingerprint density at radius 3 is 2.69 bits per heavy atom. The van der Waals surface area contributed by atoms with Crippen molar-refractivity contribution in [2.24, 2.45) is 5.92 Å². The molecule has 32 heavy (non-hydrogen) atoms. The normalized spacial score (nSPS) is 21.7. The summed E-state index contributed by atoms with van der Waals surface area (Å²) in [6.45, 7) is 4.47. The Hall–Kier alpha value is -3.51. The van der Waals surface area contributed by atoms with Crippen LogP contribution in [-0.4, -0.2) is 56.7 Å². The molecule has 3 aromatic rings. The fourth-order valence-corrected chi connectivity index (χ4v) is 4.69. The summed E-state index contributed by atoms with van der Waals surface area (Å²) in [5.74, 6) is 1.55. The van der Waals surface area contributed by atoms with Crippen LogP contribution >= 0.6 is 0 Å². The molecule has 1 amide bonds. The molecule has 1 aromatic carbocycles. The molecule has 0 bridgehead atoms. The molecule has 0 aliphatic carbocycles. The zero-order chi connectivity index (χ0) is 22.2. The highest BCUT2D eigenvalue weighted by molar-refractivity contribution is 5.94. The Kier molecular flexibility index (Phi) is 5.23. The van der Waals surface area contributed by atoms with Crippen LogP contribution in [-0.2, 0) is 4.74 Å². The molecular formula is C23H24N6O3. The average Bonchev–Trinajstić information content (AvgIpc) is 3.43. The number of nitriles is 1. The first-order chi connectivity index (χ1) is 15.5. The molecule has 2 aliphatic heterocycles. The van der Waals surface area contributed by atoms with Gasteiger partial charge >= 0.3 is 0 Å². The van der Waals surface area contributed by atoms with Crippen LogP contribution in [0.3, 0.4) is 0 Å². The van der Waals surface area contributed by atoms with E-state index in [1.165, 1.54) is 0 Å². The van der Waals surface area contributed by atoms with Crippen LogP contribution in [0, 0.1) is 17.2 Å². The minimum absolute atomic E-state index is 0.0839. The van der Waals surface area contributed by atoms with Crippen LogP contribution in [0.2, 0.25) is 0 Å². The van der Waals surface area contributed by atoms with Crippen LogP contribution in [0.5, 0.6) is 0 Å². The summed E-state index contributed by atoms with van der Waals surface area (Å²) in [5.41, 5.74) is 1.28. The summed E-state index contributed by atoms with van der Waals surface area (Å²) < 4.78 is 7.14. The van der Waals surface area contributed by atoms with Crippen LogP contribution in [0.4, 0.5) is 0 Å². The Labute approximate surface area is 184 Å². The number of aromatic amines is 1. The summed E-state index contributed by atoms with van der Waals surface area (Å²) in [6, 6.07) is 8.71. The van der Waals surface area contributed by atoms with Crippen molar-refractivity contribution in [1.82, 2.24) is 24.5 Å². The number of amides is 1. The summed E-state index contributed by atoms with van der Waals surface area (Å²) in [5, 5.41) is 13.7. The van der Waals surface area contributed by atoms with Gasteiger partial charge in [-0.2, -0.15) is 10.4 Å². The average molecular weight is 432 g/mol. The van der Waals surface area contributed by atoms with E-state index in [2.05, 4.69) is 23.0 Å². The maximum absolute atomic E-state index is 13.0. The van der Waals surface area contributed by atoms with Gasteiger partial charge in [0.2, 0.25) is 0 Å². The van der Waals surface area contributed by atoms with Crippen molar-refractivity contribution in [3.05, 3.63) is 63.6 Å². The lowest BCUT2D eigenvalue weighted by Gasteiger charge is -2.21. The first kappa shape index (κ1) is 20.4. The molecular weight excluding hydrogens is 408 g/mol. The maximum atomic E-state index is 13.0. The number of fused-ring (bicyclic) bond motifs is 1. The minimum Gasteiger partial charge on any atom is -0.381 e. The summed E-state index contributed by atoms with van der Waals surface area (Å²) in [4.78, 5) is 35.0. The lowest BCUT2D eigenvalue weighted by molar-refractivity contribution is 0.0786. The molecule has 2 atom stereocenters. The SMILES string of the molecule is CC1CN(C(=O)c2ccc(C#N)cc2)CC1c1nn2c(C3CCOCC3)ncc2c(=O)[nH]1. The van der Waals surface area contributed by atoms with Gasteiger partial charge in [0.25, 0.3) is 11.5 Å². The molecule has 0 spiro atoms. The highest BCUT2D eigenvalue weighted by atomic mass is 16.5. The van der Waals surface area contributed by atoms with Crippen molar-refractivity contribution in [2.75, 3.05) is 26.3 Å². The lowest BCUT2D eigenvalue weighted by Crippen LogP contribution is -2.29. The molecule has 164 valence electrons. The Morgan fingerprint density at radius 2 is 1.97 bits per heavy atom. The van der Waals surface area contributed by atoms with Crippen molar-refractivity contribution < 1.29 is 9.53 Å². The maximum Gasteiger partial charge on any atom is 0.276 e. The topological polar surface area (TPSA) is 116 Å². The zero-order valence-electron chi connectivity index (χ0n) is 17.8. The quantitative estimate of drug-likeness (QED) is 0.677. The largest absolute Gasteiger partial charge is 0.381 e. The van der Waals surface area contributed by atoms with Crippen molar-refractivity contribution in [1.29, 1.82) is 5.26 Å². The predicted molar refractivity (Wildman–Crippen MR) is 115 cm³/mol. The molecule has 9 heteroatoms. The fourth-order valence-electron chi connectivity index (χ4n) is 4.69. The number of nitrogens with one attached hydrogen (secondary N) is 1. The number of carbonyl (C=O) groups is 1. The van der Waals surface area contributed by atoms with Gasteiger partial charge in [-0.25, -0.2) is 9.50 Å². The van der Waals surface area contributed by atoms with Gasteiger partial charge in [-0.15, -0.1) is 0 Å². The van der Waals surface area contributed by atoms with E-state index < -0.39 is 0 Å². The number of benzene rings is 1. The van der Waals surface area contributed by atoms with E-state index in [1.54, 1.807) is 39.9 Å². The number of hydrogen-bond donors (Lipinski definition) is 1. The number of imidazole rings is 1. The Bertz CT molecular complexity index is 1250. The first-order valence-electron chi connectivity index (χ1n) is 10.9. The van der Waals surface area contributed by atoms with Crippen LogP contribution in [0.15, 0.2) is 35.3 Å². The van der Waals surface area contributed by atoms with Gasteiger partial charge in [0.05, 0.1) is 17.8 Å². The number of ether oxygens (including phenoxy) is 1. The third-order valence-corrected chi connectivity index (χ3v) is 6.54. The third kappa shape index (κ3) is 3.56. The molecule has 0 saturated carbocycles. The number of likely N-dealkylation sites (tertiary alicyclic amines) is 1. The third-order valence-electron chi connectivity index (χ3n) is 6.54. The first-order valence-corrected chi connectivity index (χ1v) is 10.9. The van der Waals surface area contributed by atoms with Crippen molar-refractivity contribution in [3.63, 3.8) is 0 Å². The second-order valence-corrected chi connectivity index (χ2v) is 8.62. The molecule has 2 fully saturated rings. The highest BCUT2D eigenvalue weighted by Crippen LogP contribution is 2.31. The van der Waals surface area contributed by atoms with E-state index in [9.17, 15) is 9.59 Å². The van der Waals surface area contributed by atoms with E-state index in [-0.39, 0.29) is 29.2 Å². The van der Waals surface area contributed by atoms with Crippen molar-refractivity contribution in [2.45, 2.75) is 31.6 Å². The number of rotatable bonds is 3.